The number of rotatable bonds is 3. The number of nitrogens with zero attached hydrogens (tertiary/aromatic N) is 1. The Hall–Kier alpha value is -2.13. The van der Waals surface area contributed by atoms with E-state index >= 15 is 0 Å². The van der Waals surface area contributed by atoms with Gasteiger partial charge in [0.25, 0.3) is 10.0 Å². The Kier molecular flexibility index (Phi) is 4.15. The van der Waals surface area contributed by atoms with Crippen LogP contribution in [0.5, 0.6) is 0 Å². The monoisotopic (exact) mass is 478 g/mol. The molecule has 4 rings (SSSR count). The van der Waals surface area contributed by atoms with E-state index in [0.717, 1.165) is 8.96 Å². The van der Waals surface area contributed by atoms with E-state index in [1.54, 1.807) is 43.3 Å². The molecule has 0 spiro atoms. The summed E-state index contributed by atoms with van der Waals surface area (Å²) >= 11 is 2.18. The molecule has 7 heteroatoms. The van der Waals surface area contributed by atoms with Gasteiger partial charge in [-0.1, -0.05) is 24.3 Å². The molecule has 1 heterocycles. The summed E-state index contributed by atoms with van der Waals surface area (Å²) in [6.45, 7) is 1.60. The van der Waals surface area contributed by atoms with Gasteiger partial charge in [-0.25, -0.2) is 8.42 Å². The minimum atomic E-state index is -3.77. The van der Waals surface area contributed by atoms with Crippen molar-refractivity contribution in [2.24, 2.45) is 0 Å². The average molecular weight is 478 g/mol. The molecule has 0 aromatic heterocycles. The van der Waals surface area contributed by atoms with E-state index in [2.05, 4.69) is 27.9 Å². The van der Waals surface area contributed by atoms with Crippen LogP contribution < -0.4 is 9.62 Å². The maximum atomic E-state index is 13.1. The highest BCUT2D eigenvalue weighted by Crippen LogP contribution is 2.43. The molecule has 0 aliphatic carbocycles. The predicted molar refractivity (Wildman–Crippen MR) is 111 cm³/mol. The molecule has 1 aliphatic heterocycles. The number of halogens is 1. The lowest BCUT2D eigenvalue weighted by atomic mass is 10.1. The molecule has 0 fully saturated rings. The van der Waals surface area contributed by atoms with Gasteiger partial charge in [0.2, 0.25) is 5.91 Å². The first kappa shape index (κ1) is 17.3. The Bertz CT molecular complexity index is 1120. The van der Waals surface area contributed by atoms with Gasteiger partial charge >= 0.3 is 0 Å². The van der Waals surface area contributed by atoms with Crippen LogP contribution in [0.3, 0.4) is 0 Å². The number of hydrogen-bond donors (Lipinski definition) is 1. The van der Waals surface area contributed by atoms with Crippen molar-refractivity contribution in [1.82, 2.24) is 0 Å². The summed E-state index contributed by atoms with van der Waals surface area (Å²) < 4.78 is 28.4. The Morgan fingerprint density at radius 1 is 1.04 bits per heavy atom. The summed E-state index contributed by atoms with van der Waals surface area (Å²) in [6, 6.07) is 17.1. The van der Waals surface area contributed by atoms with Gasteiger partial charge in [0.15, 0.2) is 0 Å². The zero-order valence-corrected chi connectivity index (χ0v) is 16.8. The molecule has 3 aromatic carbocycles. The van der Waals surface area contributed by atoms with Gasteiger partial charge in [-0.2, -0.15) is 0 Å². The Morgan fingerprint density at radius 3 is 2.38 bits per heavy atom. The summed E-state index contributed by atoms with van der Waals surface area (Å²) in [4.78, 5) is 13.0. The molecule has 0 saturated carbocycles. The third-order valence-corrected chi connectivity index (χ3v) is 7.11. The molecule has 0 radical (unpaired) electrons. The van der Waals surface area contributed by atoms with Crippen molar-refractivity contribution in [1.29, 1.82) is 0 Å². The number of benzene rings is 3. The standard InChI is InChI=1S/C19H15IN2O3S/c1-12(19(23)21-15-10-8-14(20)9-11-15)22-16-6-2-4-13-5-3-7-17(18(13)16)26(22,24)25/h2-12H,1H3,(H,21,23)/t12-/m0/s1. The Morgan fingerprint density at radius 2 is 1.69 bits per heavy atom. The highest BCUT2D eigenvalue weighted by Gasteiger charge is 2.40. The van der Waals surface area contributed by atoms with E-state index in [9.17, 15) is 13.2 Å². The van der Waals surface area contributed by atoms with Gasteiger partial charge in [-0.3, -0.25) is 9.10 Å². The average Bonchev–Trinajstić information content (AvgIpc) is 2.85. The number of amides is 1. The van der Waals surface area contributed by atoms with E-state index in [1.165, 1.54) is 4.31 Å². The smallest absolute Gasteiger partial charge is 0.265 e. The lowest BCUT2D eigenvalue weighted by Crippen LogP contribution is -2.43. The molecular formula is C19H15IN2O3S. The molecule has 1 atom stereocenters. The van der Waals surface area contributed by atoms with Gasteiger partial charge in [-0.05, 0) is 71.3 Å². The minimum absolute atomic E-state index is 0.250. The highest BCUT2D eigenvalue weighted by atomic mass is 127. The predicted octanol–water partition coefficient (Wildman–Crippen LogP) is 3.98. The molecule has 132 valence electrons. The number of nitrogens with one attached hydrogen (secondary N) is 1. The van der Waals surface area contributed by atoms with Crippen LogP contribution in [0.25, 0.3) is 10.8 Å². The second-order valence-electron chi connectivity index (χ2n) is 6.10. The number of hydrogen-bond acceptors (Lipinski definition) is 3. The molecular weight excluding hydrogens is 463 g/mol. The first-order chi connectivity index (χ1) is 12.4. The van der Waals surface area contributed by atoms with Crippen LogP contribution in [0.4, 0.5) is 11.4 Å². The maximum absolute atomic E-state index is 13.1. The van der Waals surface area contributed by atoms with E-state index in [-0.39, 0.29) is 10.8 Å². The minimum Gasteiger partial charge on any atom is -0.324 e. The lowest BCUT2D eigenvalue weighted by Gasteiger charge is -2.25. The van der Waals surface area contributed by atoms with Crippen molar-refractivity contribution in [3.05, 3.63) is 64.2 Å². The second kappa shape index (κ2) is 6.24. The number of anilines is 2. The first-order valence-corrected chi connectivity index (χ1v) is 10.5. The summed E-state index contributed by atoms with van der Waals surface area (Å²) in [5.74, 6) is -0.375. The van der Waals surface area contributed by atoms with Crippen LogP contribution in [0, 0.1) is 3.57 Å². The Balaban J connectivity index is 1.72. The number of carbonyl (C=O) groups is 1. The van der Waals surface area contributed by atoms with E-state index in [1.807, 2.05) is 24.3 Å². The van der Waals surface area contributed by atoms with Crippen LogP contribution in [-0.4, -0.2) is 20.4 Å². The lowest BCUT2D eigenvalue weighted by molar-refractivity contribution is -0.116. The normalized spacial score (nSPS) is 15.8. The quantitative estimate of drug-likeness (QED) is 0.580. The summed E-state index contributed by atoms with van der Waals surface area (Å²) in [5, 5.41) is 4.31. The zero-order valence-electron chi connectivity index (χ0n) is 13.8. The van der Waals surface area contributed by atoms with Crippen molar-refractivity contribution in [3.63, 3.8) is 0 Å². The molecule has 26 heavy (non-hydrogen) atoms. The maximum Gasteiger partial charge on any atom is 0.265 e. The Labute approximate surface area is 165 Å². The van der Waals surface area contributed by atoms with Gasteiger partial charge in [0, 0.05) is 14.6 Å². The fourth-order valence-electron chi connectivity index (χ4n) is 3.22. The molecule has 1 aliphatic rings. The van der Waals surface area contributed by atoms with E-state index < -0.39 is 16.1 Å². The fourth-order valence-corrected chi connectivity index (χ4v) is 5.45. The summed E-state index contributed by atoms with van der Waals surface area (Å²) in [5.41, 5.74) is 1.18. The van der Waals surface area contributed by atoms with Crippen LogP contribution in [0.2, 0.25) is 0 Å². The second-order valence-corrected chi connectivity index (χ2v) is 9.13. The van der Waals surface area contributed by atoms with Crippen molar-refractivity contribution in [2.45, 2.75) is 17.9 Å². The van der Waals surface area contributed by atoms with Crippen molar-refractivity contribution in [3.8, 4) is 0 Å². The molecule has 5 nitrogen and oxygen atoms in total. The first-order valence-electron chi connectivity index (χ1n) is 8.02. The molecule has 0 saturated heterocycles. The summed E-state index contributed by atoms with van der Waals surface area (Å²) in [6.07, 6.45) is 0. The molecule has 3 aromatic rings. The van der Waals surface area contributed by atoms with Gasteiger partial charge < -0.3 is 5.32 Å². The SMILES string of the molecule is C[C@@H](C(=O)Nc1ccc(I)cc1)N1c2cccc3cccc(c23)S1(=O)=O. The fraction of sp³-hybridized carbons (Fsp3) is 0.105. The van der Waals surface area contributed by atoms with E-state index in [0.29, 0.717) is 16.8 Å². The molecule has 0 unspecified atom stereocenters. The molecule has 1 N–H and O–H groups in total. The van der Waals surface area contributed by atoms with Crippen LogP contribution in [-0.2, 0) is 14.8 Å². The van der Waals surface area contributed by atoms with Gasteiger partial charge in [0.1, 0.15) is 6.04 Å². The third-order valence-electron chi connectivity index (χ3n) is 4.46. The van der Waals surface area contributed by atoms with Crippen molar-refractivity contribution >= 4 is 60.7 Å². The van der Waals surface area contributed by atoms with Crippen molar-refractivity contribution in [2.75, 3.05) is 9.62 Å². The number of sulfonamides is 1. The molecule has 1 amide bonds. The summed E-state index contributed by atoms with van der Waals surface area (Å²) in [7, 11) is -3.77. The zero-order chi connectivity index (χ0) is 18.5. The van der Waals surface area contributed by atoms with E-state index in [4.69, 9.17) is 0 Å². The van der Waals surface area contributed by atoms with Crippen LogP contribution in [0.15, 0.2) is 65.6 Å². The van der Waals surface area contributed by atoms with Crippen LogP contribution >= 0.6 is 22.6 Å². The number of carbonyl (C=O) groups excluding carboxylic acids is 1. The topological polar surface area (TPSA) is 66.5 Å². The molecule has 0 bridgehead atoms. The van der Waals surface area contributed by atoms with Gasteiger partial charge in [-0.15, -0.1) is 0 Å². The highest BCUT2D eigenvalue weighted by molar-refractivity contribution is 14.1. The van der Waals surface area contributed by atoms with Crippen LogP contribution in [0.1, 0.15) is 6.92 Å². The van der Waals surface area contributed by atoms with Crippen molar-refractivity contribution < 1.29 is 13.2 Å². The van der Waals surface area contributed by atoms with Gasteiger partial charge in [0.05, 0.1) is 10.6 Å². The third kappa shape index (κ3) is 2.66. The largest absolute Gasteiger partial charge is 0.324 e.